The van der Waals surface area contributed by atoms with E-state index in [0.717, 1.165) is 0 Å². The van der Waals surface area contributed by atoms with Crippen LogP contribution in [0.1, 0.15) is 5.56 Å². The van der Waals surface area contributed by atoms with Gasteiger partial charge in [0, 0.05) is 12.5 Å². The number of aliphatic carboxylic acids is 2. The van der Waals surface area contributed by atoms with Gasteiger partial charge in [0.1, 0.15) is 5.75 Å². The first-order valence-corrected chi connectivity index (χ1v) is 5.69. The quantitative estimate of drug-likeness (QED) is 0.721. The van der Waals surface area contributed by atoms with Crippen LogP contribution in [0.3, 0.4) is 0 Å². The van der Waals surface area contributed by atoms with E-state index >= 15 is 0 Å². The van der Waals surface area contributed by atoms with Gasteiger partial charge in [-0.05, 0) is 11.6 Å². The maximum absolute atomic E-state index is 10.9. The van der Waals surface area contributed by atoms with Crippen LogP contribution in [0, 0.1) is 5.92 Å². The summed E-state index contributed by atoms with van der Waals surface area (Å²) in [5, 5.41) is 17.8. The van der Waals surface area contributed by atoms with Crippen LogP contribution in [0.25, 0.3) is 0 Å². The van der Waals surface area contributed by atoms with Crippen LogP contribution < -0.4 is 14.2 Å². The van der Waals surface area contributed by atoms with Gasteiger partial charge < -0.3 is 24.4 Å². The second kappa shape index (κ2) is 6.65. The Morgan fingerprint density at radius 2 is 1.40 bits per heavy atom. The molecule has 0 aliphatic rings. The summed E-state index contributed by atoms with van der Waals surface area (Å²) >= 11 is 0. The van der Waals surface area contributed by atoms with Gasteiger partial charge in [-0.3, -0.25) is 9.59 Å². The van der Waals surface area contributed by atoms with Crippen LogP contribution in [-0.2, 0) is 16.0 Å². The fraction of sp³-hybridized carbons (Fsp3) is 0.385. The summed E-state index contributed by atoms with van der Waals surface area (Å²) in [6, 6.07) is 3.03. The molecule has 7 heteroatoms. The number of carbonyl (C=O) groups is 2. The van der Waals surface area contributed by atoms with Crippen LogP contribution in [0.2, 0.25) is 0 Å². The molecule has 1 aromatic carbocycles. The maximum atomic E-state index is 10.9. The van der Waals surface area contributed by atoms with E-state index in [0.29, 0.717) is 22.8 Å². The minimum atomic E-state index is -1.55. The summed E-state index contributed by atoms with van der Waals surface area (Å²) < 4.78 is 15.3. The lowest BCUT2D eigenvalue weighted by molar-refractivity contribution is -0.154. The van der Waals surface area contributed by atoms with Crippen LogP contribution in [0.15, 0.2) is 12.1 Å². The van der Waals surface area contributed by atoms with Crippen molar-refractivity contribution in [2.45, 2.75) is 6.42 Å². The van der Waals surface area contributed by atoms with Crippen LogP contribution in [0.4, 0.5) is 0 Å². The van der Waals surface area contributed by atoms with E-state index in [1.807, 2.05) is 0 Å². The molecule has 0 unspecified atom stereocenters. The van der Waals surface area contributed by atoms with Crippen molar-refractivity contribution in [3.05, 3.63) is 17.7 Å². The Hall–Kier alpha value is -2.44. The molecule has 0 aromatic heterocycles. The first kappa shape index (κ1) is 15.6. The predicted molar refractivity (Wildman–Crippen MR) is 68.6 cm³/mol. The van der Waals surface area contributed by atoms with Crippen LogP contribution >= 0.6 is 0 Å². The monoisotopic (exact) mass is 284 g/mol. The molecule has 0 spiro atoms. The molecule has 20 heavy (non-hydrogen) atoms. The molecular formula is C13H16O7. The summed E-state index contributed by atoms with van der Waals surface area (Å²) in [7, 11) is 4.29. The summed E-state index contributed by atoms with van der Waals surface area (Å²) in [5.74, 6) is -3.24. The Morgan fingerprint density at radius 3 is 1.80 bits per heavy atom. The molecule has 0 aliphatic carbocycles. The molecule has 0 saturated carbocycles. The van der Waals surface area contributed by atoms with Crippen molar-refractivity contribution < 1.29 is 34.0 Å². The second-order valence-corrected chi connectivity index (χ2v) is 3.95. The third kappa shape index (κ3) is 3.31. The lowest BCUT2D eigenvalue weighted by Gasteiger charge is -2.15. The third-order valence-electron chi connectivity index (χ3n) is 2.81. The normalized spacial score (nSPS) is 10.2. The SMILES string of the molecule is COc1cc(OC)c(OC)cc1CC(C(=O)O)C(=O)O. The van der Waals surface area contributed by atoms with Crippen molar-refractivity contribution in [1.29, 1.82) is 0 Å². The Morgan fingerprint density at radius 1 is 0.950 bits per heavy atom. The van der Waals surface area contributed by atoms with Gasteiger partial charge in [-0.25, -0.2) is 0 Å². The average molecular weight is 284 g/mol. The zero-order chi connectivity index (χ0) is 15.3. The highest BCUT2D eigenvalue weighted by atomic mass is 16.5. The fourth-order valence-electron chi connectivity index (χ4n) is 1.75. The number of carboxylic acids is 2. The van der Waals surface area contributed by atoms with Crippen molar-refractivity contribution in [2.24, 2.45) is 5.92 Å². The minimum Gasteiger partial charge on any atom is -0.496 e. The number of methoxy groups -OCH3 is 3. The Bertz CT molecular complexity index is 496. The average Bonchev–Trinajstić information content (AvgIpc) is 2.42. The number of benzene rings is 1. The Labute approximate surface area is 115 Å². The number of rotatable bonds is 7. The first-order chi connectivity index (χ1) is 9.44. The van der Waals surface area contributed by atoms with Gasteiger partial charge in [-0.1, -0.05) is 0 Å². The van der Waals surface area contributed by atoms with Crippen molar-refractivity contribution in [2.75, 3.05) is 21.3 Å². The van der Waals surface area contributed by atoms with E-state index in [1.165, 1.54) is 33.5 Å². The smallest absolute Gasteiger partial charge is 0.318 e. The zero-order valence-electron chi connectivity index (χ0n) is 11.4. The molecule has 0 bridgehead atoms. The van der Waals surface area contributed by atoms with E-state index in [1.54, 1.807) is 0 Å². The standard InChI is InChI=1S/C13H16O7/c1-18-9-6-11(20-3)10(19-2)5-7(9)4-8(12(14)15)13(16)17/h5-6,8H,4H2,1-3H3,(H,14,15)(H,16,17). The van der Waals surface area contributed by atoms with E-state index in [-0.39, 0.29) is 6.42 Å². The number of hydrogen-bond acceptors (Lipinski definition) is 5. The van der Waals surface area contributed by atoms with E-state index in [4.69, 9.17) is 24.4 Å². The van der Waals surface area contributed by atoms with Crippen molar-refractivity contribution in [3.63, 3.8) is 0 Å². The van der Waals surface area contributed by atoms with Gasteiger partial charge in [-0.15, -0.1) is 0 Å². The molecule has 0 fully saturated rings. The van der Waals surface area contributed by atoms with Gasteiger partial charge >= 0.3 is 11.9 Å². The lowest BCUT2D eigenvalue weighted by atomic mass is 9.98. The largest absolute Gasteiger partial charge is 0.496 e. The molecule has 0 aliphatic heterocycles. The summed E-state index contributed by atoms with van der Waals surface area (Å²) in [6.45, 7) is 0. The van der Waals surface area contributed by atoms with E-state index in [2.05, 4.69) is 0 Å². The highest BCUT2D eigenvalue weighted by Gasteiger charge is 2.28. The molecule has 7 nitrogen and oxygen atoms in total. The number of hydrogen-bond donors (Lipinski definition) is 2. The Kier molecular flexibility index (Phi) is 5.19. The van der Waals surface area contributed by atoms with Gasteiger partial charge in [0.05, 0.1) is 21.3 Å². The second-order valence-electron chi connectivity index (χ2n) is 3.95. The first-order valence-electron chi connectivity index (χ1n) is 5.69. The van der Waals surface area contributed by atoms with Gasteiger partial charge in [0.2, 0.25) is 0 Å². The van der Waals surface area contributed by atoms with Gasteiger partial charge in [-0.2, -0.15) is 0 Å². The molecule has 2 N–H and O–H groups in total. The van der Waals surface area contributed by atoms with Crippen molar-refractivity contribution in [3.8, 4) is 17.2 Å². The molecule has 0 atom stereocenters. The Balaban J connectivity index is 3.22. The summed E-state index contributed by atoms with van der Waals surface area (Å²) in [6.07, 6.45) is -0.214. The van der Waals surface area contributed by atoms with Gasteiger partial charge in [0.15, 0.2) is 17.4 Å². The molecule has 1 aromatic rings. The van der Waals surface area contributed by atoms with Crippen molar-refractivity contribution in [1.82, 2.24) is 0 Å². The molecule has 0 amide bonds. The summed E-state index contributed by atoms with van der Waals surface area (Å²) in [5.41, 5.74) is 0.417. The van der Waals surface area contributed by atoms with E-state index < -0.39 is 17.9 Å². The molecule has 1 rings (SSSR count). The maximum Gasteiger partial charge on any atom is 0.318 e. The molecule has 0 radical (unpaired) electrons. The third-order valence-corrected chi connectivity index (χ3v) is 2.81. The molecular weight excluding hydrogens is 268 g/mol. The number of carboxylic acid groups (broad SMARTS) is 2. The highest BCUT2D eigenvalue weighted by Crippen LogP contribution is 2.35. The van der Waals surface area contributed by atoms with Gasteiger partial charge in [0.25, 0.3) is 0 Å². The van der Waals surface area contributed by atoms with Crippen LogP contribution in [-0.4, -0.2) is 43.5 Å². The molecule has 110 valence electrons. The van der Waals surface area contributed by atoms with Crippen molar-refractivity contribution >= 4 is 11.9 Å². The van der Waals surface area contributed by atoms with Crippen LogP contribution in [0.5, 0.6) is 17.2 Å². The zero-order valence-corrected chi connectivity index (χ0v) is 11.4. The lowest BCUT2D eigenvalue weighted by Crippen LogP contribution is -2.25. The fourth-order valence-corrected chi connectivity index (χ4v) is 1.75. The minimum absolute atomic E-state index is 0.214. The van der Waals surface area contributed by atoms with E-state index in [9.17, 15) is 9.59 Å². The predicted octanol–water partition coefficient (Wildman–Crippen LogP) is 1.04. The molecule has 0 heterocycles. The number of ether oxygens (including phenoxy) is 3. The highest BCUT2D eigenvalue weighted by molar-refractivity contribution is 5.93. The molecule has 0 saturated heterocycles. The summed E-state index contributed by atoms with van der Waals surface area (Å²) in [4.78, 5) is 21.9. The topological polar surface area (TPSA) is 102 Å².